The van der Waals surface area contributed by atoms with E-state index in [4.69, 9.17) is 9.47 Å². The number of aromatic nitrogens is 5. The maximum atomic E-state index is 12.9. The molecule has 136 valence electrons. The topological polar surface area (TPSA) is 95.3 Å². The van der Waals surface area contributed by atoms with Gasteiger partial charge in [0.05, 0.1) is 37.0 Å². The molecule has 25 heavy (non-hydrogen) atoms. The second-order valence-corrected chi connectivity index (χ2v) is 6.93. The normalized spacial score (nSPS) is 17.9. The number of hydrogen-bond acceptors (Lipinski definition) is 8. The van der Waals surface area contributed by atoms with Crippen LogP contribution in [0.4, 0.5) is 0 Å². The van der Waals surface area contributed by atoms with Gasteiger partial charge in [-0.2, -0.15) is 0 Å². The highest BCUT2D eigenvalue weighted by molar-refractivity contribution is 7.13. The number of aryl methyl sites for hydroxylation is 2. The van der Waals surface area contributed by atoms with Crippen molar-refractivity contribution in [2.75, 3.05) is 33.4 Å². The van der Waals surface area contributed by atoms with Crippen LogP contribution in [-0.4, -0.2) is 69.4 Å². The fraction of sp³-hybridized carbons (Fsp3) is 0.667. The Bertz CT molecular complexity index is 731. The lowest BCUT2D eigenvalue weighted by atomic mass is 10.2. The third kappa shape index (κ3) is 3.86. The Morgan fingerprint density at radius 2 is 2.32 bits per heavy atom. The van der Waals surface area contributed by atoms with Crippen LogP contribution in [0.3, 0.4) is 0 Å². The molecule has 1 atom stereocenters. The first-order valence-corrected chi connectivity index (χ1v) is 9.07. The summed E-state index contributed by atoms with van der Waals surface area (Å²) in [5.41, 5.74) is 0.862. The molecule has 1 aliphatic heterocycles. The van der Waals surface area contributed by atoms with Gasteiger partial charge in [0.2, 0.25) is 0 Å². The Kier molecular flexibility index (Phi) is 5.71. The molecular formula is C15H22N6O3S. The predicted molar refractivity (Wildman–Crippen MR) is 90.5 cm³/mol. The van der Waals surface area contributed by atoms with Crippen molar-refractivity contribution in [3.8, 4) is 0 Å². The summed E-state index contributed by atoms with van der Waals surface area (Å²) in [4.78, 5) is 19.9. The van der Waals surface area contributed by atoms with Crippen molar-refractivity contribution in [3.63, 3.8) is 0 Å². The van der Waals surface area contributed by atoms with Gasteiger partial charge in [0.25, 0.3) is 5.91 Å². The number of tetrazole rings is 1. The van der Waals surface area contributed by atoms with Crippen LogP contribution in [0.5, 0.6) is 0 Å². The van der Waals surface area contributed by atoms with Crippen molar-refractivity contribution in [3.05, 3.63) is 21.4 Å². The number of amides is 1. The second kappa shape index (κ2) is 7.98. The standard InChI is InChI=1S/C15H22N6O3S/c1-4-11-13(25-10(2)16-11)15(22)20-5-8-24-12(9-20)14-17-18-19-21(14)6-7-23-3/h12H,4-9H2,1-3H3. The minimum absolute atomic E-state index is 0.00617. The Morgan fingerprint density at radius 3 is 3.08 bits per heavy atom. The molecule has 0 radical (unpaired) electrons. The molecular weight excluding hydrogens is 344 g/mol. The highest BCUT2D eigenvalue weighted by Crippen LogP contribution is 2.25. The lowest BCUT2D eigenvalue weighted by molar-refractivity contribution is -0.0290. The summed E-state index contributed by atoms with van der Waals surface area (Å²) < 4.78 is 12.5. The first-order chi connectivity index (χ1) is 12.1. The minimum Gasteiger partial charge on any atom is -0.383 e. The van der Waals surface area contributed by atoms with Gasteiger partial charge in [-0.15, -0.1) is 16.4 Å². The largest absolute Gasteiger partial charge is 0.383 e. The number of morpholine rings is 1. The fourth-order valence-corrected chi connectivity index (χ4v) is 3.77. The fourth-order valence-electron chi connectivity index (χ4n) is 2.79. The zero-order valence-corrected chi connectivity index (χ0v) is 15.5. The van der Waals surface area contributed by atoms with Gasteiger partial charge in [0.1, 0.15) is 11.0 Å². The minimum atomic E-state index is -0.344. The van der Waals surface area contributed by atoms with Crippen molar-refractivity contribution in [2.24, 2.45) is 0 Å². The van der Waals surface area contributed by atoms with E-state index >= 15 is 0 Å². The molecule has 10 heteroatoms. The van der Waals surface area contributed by atoms with Crippen LogP contribution in [0, 0.1) is 6.92 Å². The molecule has 2 aromatic heterocycles. The molecule has 0 N–H and O–H groups in total. The number of thiazole rings is 1. The number of rotatable bonds is 6. The summed E-state index contributed by atoms with van der Waals surface area (Å²) in [6.45, 7) is 6.41. The third-order valence-corrected chi connectivity index (χ3v) is 5.04. The van der Waals surface area contributed by atoms with E-state index in [9.17, 15) is 4.79 Å². The molecule has 9 nitrogen and oxygen atoms in total. The molecule has 1 aliphatic rings. The van der Waals surface area contributed by atoms with E-state index in [-0.39, 0.29) is 12.0 Å². The number of methoxy groups -OCH3 is 1. The Labute approximate surface area is 149 Å². The molecule has 0 bridgehead atoms. The average molecular weight is 366 g/mol. The van der Waals surface area contributed by atoms with Crippen molar-refractivity contribution >= 4 is 17.2 Å². The zero-order chi connectivity index (χ0) is 17.8. The van der Waals surface area contributed by atoms with E-state index in [1.165, 1.54) is 11.3 Å². The van der Waals surface area contributed by atoms with Crippen LogP contribution in [0.15, 0.2) is 0 Å². The number of carbonyl (C=O) groups is 1. The summed E-state index contributed by atoms with van der Waals surface area (Å²) in [5, 5.41) is 12.7. The molecule has 2 aromatic rings. The monoisotopic (exact) mass is 366 g/mol. The second-order valence-electron chi connectivity index (χ2n) is 5.73. The lowest BCUT2D eigenvalue weighted by Gasteiger charge is -2.32. The third-order valence-electron chi connectivity index (χ3n) is 4.04. The van der Waals surface area contributed by atoms with Crippen LogP contribution in [0.2, 0.25) is 0 Å². The number of nitrogens with zero attached hydrogens (tertiary/aromatic N) is 6. The summed E-state index contributed by atoms with van der Waals surface area (Å²) in [7, 11) is 1.63. The van der Waals surface area contributed by atoms with E-state index in [0.717, 1.165) is 22.0 Å². The smallest absolute Gasteiger partial charge is 0.266 e. The summed E-state index contributed by atoms with van der Waals surface area (Å²) >= 11 is 1.45. The summed E-state index contributed by atoms with van der Waals surface area (Å²) in [6.07, 6.45) is 0.401. The van der Waals surface area contributed by atoms with Crippen LogP contribution in [0.25, 0.3) is 0 Å². The molecule has 0 spiro atoms. The first kappa shape index (κ1) is 17.9. The van der Waals surface area contributed by atoms with E-state index in [1.807, 2.05) is 13.8 Å². The molecule has 0 aliphatic carbocycles. The van der Waals surface area contributed by atoms with Gasteiger partial charge in [-0.3, -0.25) is 4.79 Å². The maximum absolute atomic E-state index is 12.9. The SMILES string of the molecule is CCc1nc(C)sc1C(=O)N1CCOC(c2nnnn2CCOC)C1. The average Bonchev–Trinajstić information content (AvgIpc) is 3.25. The predicted octanol–water partition coefficient (Wildman–Crippen LogP) is 0.861. The Balaban J connectivity index is 1.75. The zero-order valence-electron chi connectivity index (χ0n) is 14.6. The first-order valence-electron chi connectivity index (χ1n) is 8.26. The van der Waals surface area contributed by atoms with Gasteiger partial charge in [0, 0.05) is 13.7 Å². The van der Waals surface area contributed by atoms with Crippen LogP contribution in [0.1, 0.15) is 39.2 Å². The van der Waals surface area contributed by atoms with Crippen molar-refractivity contribution in [1.29, 1.82) is 0 Å². The molecule has 0 saturated carbocycles. The molecule has 0 aromatic carbocycles. The van der Waals surface area contributed by atoms with Gasteiger partial charge < -0.3 is 14.4 Å². The summed E-state index contributed by atoms with van der Waals surface area (Å²) in [6, 6.07) is 0. The van der Waals surface area contributed by atoms with Crippen molar-refractivity contribution in [1.82, 2.24) is 30.1 Å². The van der Waals surface area contributed by atoms with Gasteiger partial charge in [0.15, 0.2) is 5.82 Å². The molecule has 3 heterocycles. The van der Waals surface area contributed by atoms with E-state index in [1.54, 1.807) is 16.7 Å². The summed E-state index contributed by atoms with van der Waals surface area (Å²) in [5.74, 6) is 0.623. The van der Waals surface area contributed by atoms with Crippen LogP contribution >= 0.6 is 11.3 Å². The number of hydrogen-bond donors (Lipinski definition) is 0. The van der Waals surface area contributed by atoms with Crippen molar-refractivity contribution in [2.45, 2.75) is 32.9 Å². The Morgan fingerprint density at radius 1 is 1.48 bits per heavy atom. The van der Waals surface area contributed by atoms with Gasteiger partial charge >= 0.3 is 0 Å². The Hall–Kier alpha value is -1.91. The quantitative estimate of drug-likeness (QED) is 0.748. The molecule has 1 amide bonds. The van der Waals surface area contributed by atoms with Gasteiger partial charge in [-0.1, -0.05) is 6.92 Å². The van der Waals surface area contributed by atoms with Crippen LogP contribution in [-0.2, 0) is 22.4 Å². The number of ether oxygens (including phenoxy) is 2. The van der Waals surface area contributed by atoms with E-state index in [0.29, 0.717) is 38.7 Å². The number of carbonyl (C=O) groups excluding carboxylic acids is 1. The molecule has 1 saturated heterocycles. The van der Waals surface area contributed by atoms with Gasteiger partial charge in [-0.05, 0) is 23.8 Å². The molecule has 1 unspecified atom stereocenters. The van der Waals surface area contributed by atoms with E-state index in [2.05, 4.69) is 20.5 Å². The van der Waals surface area contributed by atoms with Gasteiger partial charge in [-0.25, -0.2) is 9.67 Å². The van der Waals surface area contributed by atoms with Crippen molar-refractivity contribution < 1.29 is 14.3 Å². The highest BCUT2D eigenvalue weighted by Gasteiger charge is 2.31. The highest BCUT2D eigenvalue weighted by atomic mass is 32.1. The molecule has 3 rings (SSSR count). The lowest BCUT2D eigenvalue weighted by Crippen LogP contribution is -2.43. The maximum Gasteiger partial charge on any atom is 0.266 e. The van der Waals surface area contributed by atoms with Crippen LogP contribution < -0.4 is 0 Å². The molecule has 1 fully saturated rings. The van der Waals surface area contributed by atoms with E-state index < -0.39 is 0 Å².